The lowest BCUT2D eigenvalue weighted by Crippen LogP contribution is -2.28. The highest BCUT2D eigenvalue weighted by Crippen LogP contribution is 2.23. The van der Waals surface area contributed by atoms with Crippen molar-refractivity contribution >= 4 is 11.5 Å². The molecule has 5 heteroatoms. The van der Waals surface area contributed by atoms with Crippen molar-refractivity contribution in [3.8, 4) is 0 Å². The predicted octanol–water partition coefficient (Wildman–Crippen LogP) is 1.85. The van der Waals surface area contributed by atoms with E-state index in [0.717, 1.165) is 24.3 Å². The second-order valence-corrected chi connectivity index (χ2v) is 4.63. The maximum Gasteiger partial charge on any atom is 0.335 e. The van der Waals surface area contributed by atoms with Crippen LogP contribution in [0.1, 0.15) is 41.5 Å². The summed E-state index contributed by atoms with van der Waals surface area (Å²) in [5, 5.41) is 12.4. The molecule has 18 heavy (non-hydrogen) atoms. The lowest BCUT2D eigenvalue weighted by atomic mass is 10.0. The van der Waals surface area contributed by atoms with E-state index in [4.69, 9.17) is 5.11 Å². The minimum Gasteiger partial charge on any atom is -0.478 e. The van der Waals surface area contributed by atoms with Crippen LogP contribution in [0.15, 0.2) is 24.5 Å². The summed E-state index contributed by atoms with van der Waals surface area (Å²) >= 11 is 0. The summed E-state index contributed by atoms with van der Waals surface area (Å²) < 4.78 is 1.97. The molecule has 1 saturated heterocycles. The normalized spacial score (nSPS) is 20.1. The number of aromatic nitrogens is 2. The van der Waals surface area contributed by atoms with Gasteiger partial charge in [-0.3, -0.25) is 0 Å². The fraction of sp³-hybridized carbons (Fsp3) is 0.385. The Morgan fingerprint density at radius 2 is 2.39 bits per heavy atom. The Balaban J connectivity index is 2.01. The van der Waals surface area contributed by atoms with Crippen LogP contribution in [0.25, 0.3) is 5.52 Å². The van der Waals surface area contributed by atoms with E-state index in [0.29, 0.717) is 5.56 Å². The first-order valence-corrected chi connectivity index (χ1v) is 6.19. The minimum absolute atomic E-state index is 0.275. The van der Waals surface area contributed by atoms with Crippen molar-refractivity contribution in [1.29, 1.82) is 0 Å². The summed E-state index contributed by atoms with van der Waals surface area (Å²) in [5.74, 6) is 0.0673. The minimum atomic E-state index is -0.906. The Labute approximate surface area is 104 Å². The van der Waals surface area contributed by atoms with Crippen LogP contribution in [0.4, 0.5) is 0 Å². The summed E-state index contributed by atoms with van der Waals surface area (Å²) in [6.07, 6.45) is 7.03. The number of carboxylic acids is 1. The van der Waals surface area contributed by atoms with Crippen LogP contribution in [0.2, 0.25) is 0 Å². The molecule has 2 aromatic heterocycles. The Kier molecular flexibility index (Phi) is 2.76. The standard InChI is InChI=1S/C13H15N3O2/c17-13(18)9-4-6-16-10(7-9)8-15-12(16)11-3-1-2-5-14-11/h4,6-8,11,14H,1-3,5H2,(H,17,18). The van der Waals surface area contributed by atoms with E-state index in [2.05, 4.69) is 10.3 Å². The molecule has 3 rings (SSSR count). The number of nitrogens with one attached hydrogen (secondary N) is 1. The third-order valence-corrected chi connectivity index (χ3v) is 3.43. The number of piperidine rings is 1. The Morgan fingerprint density at radius 3 is 3.11 bits per heavy atom. The zero-order chi connectivity index (χ0) is 12.5. The van der Waals surface area contributed by atoms with Crippen LogP contribution in [0, 0.1) is 0 Å². The van der Waals surface area contributed by atoms with Gasteiger partial charge >= 0.3 is 5.97 Å². The van der Waals surface area contributed by atoms with Gasteiger partial charge < -0.3 is 14.8 Å². The van der Waals surface area contributed by atoms with Crippen LogP contribution in [0.5, 0.6) is 0 Å². The Morgan fingerprint density at radius 1 is 1.50 bits per heavy atom. The summed E-state index contributed by atoms with van der Waals surface area (Å²) in [6, 6.07) is 3.54. The number of carboxylic acid groups (broad SMARTS) is 1. The number of rotatable bonds is 2. The number of aromatic carboxylic acids is 1. The molecule has 0 saturated carbocycles. The first kappa shape index (κ1) is 11.2. The van der Waals surface area contributed by atoms with Crippen molar-refractivity contribution < 1.29 is 9.90 Å². The van der Waals surface area contributed by atoms with Gasteiger partial charge in [0.15, 0.2) is 0 Å². The summed E-state index contributed by atoms with van der Waals surface area (Å²) in [5.41, 5.74) is 1.13. The molecule has 1 unspecified atom stereocenters. The fourth-order valence-corrected chi connectivity index (χ4v) is 2.48. The average Bonchev–Trinajstić information content (AvgIpc) is 2.82. The molecular formula is C13H15N3O2. The first-order valence-electron chi connectivity index (χ1n) is 6.19. The molecule has 0 spiro atoms. The lowest BCUT2D eigenvalue weighted by molar-refractivity contribution is 0.0697. The van der Waals surface area contributed by atoms with Crippen LogP contribution in [-0.4, -0.2) is 27.0 Å². The maximum atomic E-state index is 10.9. The van der Waals surface area contributed by atoms with E-state index in [1.165, 1.54) is 12.8 Å². The van der Waals surface area contributed by atoms with Gasteiger partial charge in [-0.05, 0) is 31.5 Å². The van der Waals surface area contributed by atoms with Gasteiger partial charge in [0.05, 0.1) is 23.3 Å². The molecule has 0 amide bonds. The van der Waals surface area contributed by atoms with Crippen molar-refractivity contribution in [2.45, 2.75) is 25.3 Å². The number of hydrogen-bond acceptors (Lipinski definition) is 3. The maximum absolute atomic E-state index is 10.9. The quantitative estimate of drug-likeness (QED) is 0.847. The van der Waals surface area contributed by atoms with Gasteiger partial charge in [0.25, 0.3) is 0 Å². The highest BCUT2D eigenvalue weighted by atomic mass is 16.4. The molecule has 0 aliphatic carbocycles. The number of nitrogens with zero attached hydrogens (tertiary/aromatic N) is 2. The third-order valence-electron chi connectivity index (χ3n) is 3.43. The number of fused-ring (bicyclic) bond motifs is 1. The zero-order valence-corrected chi connectivity index (χ0v) is 9.97. The zero-order valence-electron chi connectivity index (χ0n) is 9.97. The van der Waals surface area contributed by atoms with E-state index < -0.39 is 5.97 Å². The number of hydrogen-bond donors (Lipinski definition) is 2. The molecule has 2 aromatic rings. The molecule has 94 valence electrons. The lowest BCUT2D eigenvalue weighted by Gasteiger charge is -2.22. The second kappa shape index (κ2) is 4.42. The first-order chi connectivity index (χ1) is 8.75. The predicted molar refractivity (Wildman–Crippen MR) is 66.7 cm³/mol. The van der Waals surface area contributed by atoms with Crippen molar-refractivity contribution in [1.82, 2.24) is 14.7 Å². The van der Waals surface area contributed by atoms with Gasteiger partial charge in [0, 0.05) is 6.20 Å². The third kappa shape index (κ3) is 1.86. The average molecular weight is 245 g/mol. The molecule has 5 nitrogen and oxygen atoms in total. The SMILES string of the molecule is O=C(O)c1ccn2c(C3CCCCN3)ncc2c1. The van der Waals surface area contributed by atoms with Gasteiger partial charge in [-0.25, -0.2) is 9.78 Å². The highest BCUT2D eigenvalue weighted by molar-refractivity contribution is 5.88. The van der Waals surface area contributed by atoms with Crippen molar-refractivity contribution in [2.24, 2.45) is 0 Å². The second-order valence-electron chi connectivity index (χ2n) is 4.63. The van der Waals surface area contributed by atoms with E-state index in [1.807, 2.05) is 4.40 Å². The topological polar surface area (TPSA) is 66.6 Å². The molecule has 0 radical (unpaired) electrons. The number of pyridine rings is 1. The highest BCUT2D eigenvalue weighted by Gasteiger charge is 2.19. The summed E-state index contributed by atoms with van der Waals surface area (Å²) in [4.78, 5) is 15.3. The molecule has 1 atom stereocenters. The molecule has 2 N–H and O–H groups in total. The van der Waals surface area contributed by atoms with E-state index in [9.17, 15) is 4.79 Å². The van der Waals surface area contributed by atoms with Crippen LogP contribution in [0.3, 0.4) is 0 Å². The van der Waals surface area contributed by atoms with Gasteiger partial charge in [0.1, 0.15) is 5.82 Å². The van der Waals surface area contributed by atoms with Crippen molar-refractivity contribution in [3.63, 3.8) is 0 Å². The van der Waals surface area contributed by atoms with E-state index in [-0.39, 0.29) is 6.04 Å². The Bertz CT molecular complexity index is 585. The van der Waals surface area contributed by atoms with Crippen LogP contribution in [-0.2, 0) is 0 Å². The van der Waals surface area contributed by atoms with Gasteiger partial charge in [0.2, 0.25) is 0 Å². The monoisotopic (exact) mass is 245 g/mol. The fourth-order valence-electron chi connectivity index (χ4n) is 2.48. The van der Waals surface area contributed by atoms with Crippen molar-refractivity contribution in [2.75, 3.05) is 6.54 Å². The number of carbonyl (C=O) groups is 1. The number of imidazole rings is 1. The molecule has 1 aliphatic heterocycles. The van der Waals surface area contributed by atoms with Gasteiger partial charge in [-0.1, -0.05) is 6.42 Å². The van der Waals surface area contributed by atoms with Gasteiger partial charge in [-0.2, -0.15) is 0 Å². The molecule has 0 bridgehead atoms. The molecule has 3 heterocycles. The largest absolute Gasteiger partial charge is 0.478 e. The summed E-state index contributed by atoms with van der Waals surface area (Å²) in [7, 11) is 0. The smallest absolute Gasteiger partial charge is 0.335 e. The summed E-state index contributed by atoms with van der Waals surface area (Å²) in [6.45, 7) is 1.02. The molecular weight excluding hydrogens is 230 g/mol. The van der Waals surface area contributed by atoms with Crippen LogP contribution < -0.4 is 5.32 Å². The van der Waals surface area contributed by atoms with E-state index >= 15 is 0 Å². The molecule has 1 fully saturated rings. The molecule has 1 aliphatic rings. The van der Waals surface area contributed by atoms with Crippen molar-refractivity contribution in [3.05, 3.63) is 35.9 Å². The van der Waals surface area contributed by atoms with E-state index in [1.54, 1.807) is 24.5 Å². The van der Waals surface area contributed by atoms with Gasteiger partial charge in [-0.15, -0.1) is 0 Å². The van der Waals surface area contributed by atoms with Crippen LogP contribution >= 0.6 is 0 Å². The Hall–Kier alpha value is -1.88. The molecule has 0 aromatic carbocycles.